The zero-order chi connectivity index (χ0) is 12.5. The van der Waals surface area contributed by atoms with E-state index in [1.807, 2.05) is 5.38 Å². The van der Waals surface area contributed by atoms with Crippen molar-refractivity contribution >= 4 is 17.2 Å². The molecule has 2 aliphatic rings. The van der Waals surface area contributed by atoms with Gasteiger partial charge < -0.3 is 15.7 Å². The van der Waals surface area contributed by atoms with Crippen LogP contribution in [0.2, 0.25) is 0 Å². The van der Waals surface area contributed by atoms with E-state index in [-0.39, 0.29) is 17.9 Å². The van der Waals surface area contributed by atoms with E-state index in [1.54, 1.807) is 0 Å². The summed E-state index contributed by atoms with van der Waals surface area (Å²) in [7, 11) is 0. The fourth-order valence-electron chi connectivity index (χ4n) is 2.45. The molecule has 2 fully saturated rings. The van der Waals surface area contributed by atoms with Crippen LogP contribution in [0.5, 0.6) is 0 Å². The number of hydrogen-bond acceptors (Lipinski definition) is 4. The first-order valence-corrected chi connectivity index (χ1v) is 7.38. The average Bonchev–Trinajstić information content (AvgIpc) is 2.95. The molecule has 1 aromatic heterocycles. The van der Waals surface area contributed by atoms with E-state index < -0.39 is 0 Å². The van der Waals surface area contributed by atoms with Gasteiger partial charge in [-0.1, -0.05) is 0 Å². The molecule has 2 heterocycles. The smallest absolute Gasteiger partial charge is 0.261 e. The maximum atomic E-state index is 12.1. The minimum Gasteiger partial charge on any atom is -0.391 e. The van der Waals surface area contributed by atoms with Crippen LogP contribution in [0.15, 0.2) is 11.4 Å². The summed E-state index contributed by atoms with van der Waals surface area (Å²) < 4.78 is 0. The summed E-state index contributed by atoms with van der Waals surface area (Å²) >= 11 is 1.52. The Kier molecular flexibility index (Phi) is 3.37. The fraction of sp³-hybridized carbons (Fsp3) is 0.615. The third kappa shape index (κ3) is 2.43. The lowest BCUT2D eigenvalue weighted by atomic mass is 10.1. The second kappa shape index (κ2) is 4.99. The van der Waals surface area contributed by atoms with Crippen molar-refractivity contribution in [3.05, 3.63) is 21.9 Å². The molecule has 0 aromatic carbocycles. The number of hydrogen-bond donors (Lipinski definition) is 3. The van der Waals surface area contributed by atoms with Crippen molar-refractivity contribution in [3.63, 3.8) is 0 Å². The highest BCUT2D eigenvalue weighted by Crippen LogP contribution is 2.43. The molecule has 2 atom stereocenters. The van der Waals surface area contributed by atoms with Crippen molar-refractivity contribution in [1.29, 1.82) is 0 Å². The summed E-state index contributed by atoms with van der Waals surface area (Å²) in [5, 5.41) is 17.7. The molecule has 18 heavy (non-hydrogen) atoms. The number of carbonyl (C=O) groups is 1. The molecule has 4 nitrogen and oxygen atoms in total. The van der Waals surface area contributed by atoms with Crippen LogP contribution >= 0.6 is 11.3 Å². The molecule has 1 aliphatic heterocycles. The highest BCUT2D eigenvalue weighted by Gasteiger charge is 2.30. The summed E-state index contributed by atoms with van der Waals surface area (Å²) in [5.41, 5.74) is 1.21. The first-order valence-electron chi connectivity index (χ1n) is 6.50. The molecule has 1 aromatic rings. The predicted molar refractivity (Wildman–Crippen MR) is 71.0 cm³/mol. The molecule has 98 valence electrons. The number of thiophene rings is 1. The Labute approximate surface area is 110 Å². The molecule has 1 amide bonds. The van der Waals surface area contributed by atoms with Gasteiger partial charge in [0.1, 0.15) is 0 Å². The fourth-order valence-corrected chi connectivity index (χ4v) is 3.35. The highest BCUT2D eigenvalue weighted by molar-refractivity contribution is 7.12. The standard InChI is InChI=1S/C13H18N2O2S/c16-11-7-14-5-9(11)6-15-13(17)12-10(3-4-18-12)8-1-2-8/h3-4,8-9,11,14,16H,1-2,5-7H2,(H,15,17). The number of nitrogens with one attached hydrogen (secondary N) is 2. The lowest BCUT2D eigenvalue weighted by Crippen LogP contribution is -2.34. The van der Waals surface area contributed by atoms with Gasteiger partial charge in [0.25, 0.3) is 5.91 Å². The minimum absolute atomic E-state index is 0.0194. The summed E-state index contributed by atoms with van der Waals surface area (Å²) in [6.07, 6.45) is 2.08. The monoisotopic (exact) mass is 266 g/mol. The maximum absolute atomic E-state index is 12.1. The normalized spacial score (nSPS) is 27.4. The second-order valence-corrected chi connectivity index (χ2v) is 6.09. The lowest BCUT2D eigenvalue weighted by Gasteiger charge is -2.14. The quantitative estimate of drug-likeness (QED) is 0.760. The second-order valence-electron chi connectivity index (χ2n) is 5.18. The van der Waals surface area contributed by atoms with Gasteiger partial charge in [-0.25, -0.2) is 0 Å². The molecule has 0 bridgehead atoms. The molecule has 1 aliphatic carbocycles. The molecule has 3 N–H and O–H groups in total. The van der Waals surface area contributed by atoms with Crippen molar-refractivity contribution in [3.8, 4) is 0 Å². The summed E-state index contributed by atoms with van der Waals surface area (Å²) in [6.45, 7) is 1.96. The van der Waals surface area contributed by atoms with Gasteiger partial charge in [0.15, 0.2) is 0 Å². The molecule has 1 saturated heterocycles. The number of rotatable bonds is 4. The van der Waals surface area contributed by atoms with Crippen molar-refractivity contribution in [2.24, 2.45) is 5.92 Å². The zero-order valence-electron chi connectivity index (χ0n) is 10.2. The molecule has 1 saturated carbocycles. The van der Waals surface area contributed by atoms with E-state index in [0.717, 1.165) is 11.4 Å². The van der Waals surface area contributed by atoms with Crippen molar-refractivity contribution in [2.75, 3.05) is 19.6 Å². The Morgan fingerprint density at radius 2 is 2.33 bits per heavy atom. The molecule has 2 unspecified atom stereocenters. The third-order valence-electron chi connectivity index (χ3n) is 3.75. The van der Waals surface area contributed by atoms with Gasteiger partial charge in [0.2, 0.25) is 0 Å². The Morgan fingerprint density at radius 1 is 1.50 bits per heavy atom. The largest absolute Gasteiger partial charge is 0.391 e. The average molecular weight is 266 g/mol. The van der Waals surface area contributed by atoms with Crippen LogP contribution in [0, 0.1) is 5.92 Å². The van der Waals surface area contributed by atoms with E-state index >= 15 is 0 Å². The van der Waals surface area contributed by atoms with Gasteiger partial charge >= 0.3 is 0 Å². The van der Waals surface area contributed by atoms with Crippen LogP contribution in [0.1, 0.15) is 34.0 Å². The van der Waals surface area contributed by atoms with E-state index in [2.05, 4.69) is 16.7 Å². The van der Waals surface area contributed by atoms with Gasteiger partial charge in [0, 0.05) is 25.6 Å². The number of aliphatic hydroxyl groups excluding tert-OH is 1. The van der Waals surface area contributed by atoms with Crippen LogP contribution in [0.3, 0.4) is 0 Å². The number of aliphatic hydroxyl groups is 1. The first-order chi connectivity index (χ1) is 8.75. The topological polar surface area (TPSA) is 61.4 Å². The van der Waals surface area contributed by atoms with Crippen molar-refractivity contribution in [2.45, 2.75) is 24.9 Å². The highest BCUT2D eigenvalue weighted by atomic mass is 32.1. The Morgan fingerprint density at radius 3 is 3.00 bits per heavy atom. The summed E-state index contributed by atoms with van der Waals surface area (Å²) in [6, 6.07) is 2.07. The molecular formula is C13H18N2O2S. The SMILES string of the molecule is O=C(NCC1CNCC1O)c1sccc1C1CC1. The molecule has 0 spiro atoms. The number of amides is 1. The van der Waals surface area contributed by atoms with E-state index in [4.69, 9.17) is 0 Å². The van der Waals surface area contributed by atoms with E-state index in [9.17, 15) is 9.90 Å². The van der Waals surface area contributed by atoms with Crippen LogP contribution in [0.4, 0.5) is 0 Å². The lowest BCUT2D eigenvalue weighted by molar-refractivity contribution is 0.0930. The zero-order valence-corrected chi connectivity index (χ0v) is 11.0. The van der Waals surface area contributed by atoms with Gasteiger partial charge in [-0.05, 0) is 35.8 Å². The van der Waals surface area contributed by atoms with Gasteiger partial charge in [-0.3, -0.25) is 4.79 Å². The van der Waals surface area contributed by atoms with Crippen molar-refractivity contribution in [1.82, 2.24) is 10.6 Å². The summed E-state index contributed by atoms with van der Waals surface area (Å²) in [4.78, 5) is 13.0. The maximum Gasteiger partial charge on any atom is 0.261 e. The van der Waals surface area contributed by atoms with Crippen LogP contribution in [-0.2, 0) is 0 Å². The van der Waals surface area contributed by atoms with Gasteiger partial charge in [-0.2, -0.15) is 0 Å². The number of β-amino-alcohol motifs (C(OH)–C–C–N with tert-alkyl or cyclic N) is 1. The van der Waals surface area contributed by atoms with Crippen LogP contribution in [0.25, 0.3) is 0 Å². The third-order valence-corrected chi connectivity index (χ3v) is 4.68. The Bertz CT molecular complexity index is 442. The van der Waals surface area contributed by atoms with Crippen molar-refractivity contribution < 1.29 is 9.90 Å². The molecule has 0 radical (unpaired) electrons. The minimum atomic E-state index is -0.337. The van der Waals surface area contributed by atoms with E-state index in [1.165, 1.54) is 29.7 Å². The predicted octanol–water partition coefficient (Wildman–Crippen LogP) is 0.936. The van der Waals surface area contributed by atoms with E-state index in [0.29, 0.717) is 19.0 Å². The number of carbonyl (C=O) groups excluding carboxylic acids is 1. The Hall–Kier alpha value is -0.910. The molecule has 5 heteroatoms. The van der Waals surface area contributed by atoms with Gasteiger partial charge in [0.05, 0.1) is 11.0 Å². The van der Waals surface area contributed by atoms with Gasteiger partial charge in [-0.15, -0.1) is 11.3 Å². The Balaban J connectivity index is 1.59. The molecule has 3 rings (SSSR count). The first kappa shape index (κ1) is 12.1. The summed E-state index contributed by atoms with van der Waals surface area (Å²) in [5.74, 6) is 0.764. The van der Waals surface area contributed by atoms with Crippen LogP contribution in [-0.4, -0.2) is 36.8 Å². The molecular weight excluding hydrogens is 248 g/mol. The van der Waals surface area contributed by atoms with Crippen LogP contribution < -0.4 is 10.6 Å².